The number of nitrogens with zero attached hydrogens (tertiary/aromatic N) is 1. The number of hydrogen-bond donors (Lipinski definition) is 2. The van der Waals surface area contributed by atoms with E-state index in [1.807, 2.05) is 0 Å². The van der Waals surface area contributed by atoms with E-state index in [0.29, 0.717) is 24.1 Å². The van der Waals surface area contributed by atoms with Crippen LogP contribution in [-0.2, 0) is 0 Å². The monoisotopic (exact) mass is 317 g/mol. The number of rotatable bonds is 6. The van der Waals surface area contributed by atoms with E-state index in [1.54, 1.807) is 24.5 Å². The minimum absolute atomic E-state index is 0.228. The van der Waals surface area contributed by atoms with Crippen LogP contribution in [0.4, 0.5) is 0 Å². The summed E-state index contributed by atoms with van der Waals surface area (Å²) in [6.45, 7) is 1.36. The summed E-state index contributed by atoms with van der Waals surface area (Å²) in [7, 11) is 0. The molecule has 0 radical (unpaired) electrons. The molecule has 0 saturated heterocycles. The van der Waals surface area contributed by atoms with Crippen LogP contribution in [0, 0.1) is 0 Å². The number of carbonyl (C=O) groups is 1. The lowest BCUT2D eigenvalue weighted by molar-refractivity contribution is 0.0944. The molecule has 0 atom stereocenters. The van der Waals surface area contributed by atoms with E-state index >= 15 is 0 Å². The molecule has 0 unspecified atom stereocenters. The quantitative estimate of drug-likeness (QED) is 0.632. The number of aromatic nitrogens is 1. The average molecular weight is 317 g/mol. The van der Waals surface area contributed by atoms with E-state index in [9.17, 15) is 4.79 Å². The molecule has 23 heavy (non-hydrogen) atoms. The molecule has 1 amide bonds. The fourth-order valence-electron chi connectivity index (χ4n) is 2.94. The van der Waals surface area contributed by atoms with Gasteiger partial charge in [0.05, 0.1) is 6.26 Å². The highest BCUT2D eigenvalue weighted by molar-refractivity contribution is 5.92. The maximum Gasteiger partial charge on any atom is 0.273 e. The molecule has 0 spiro atoms. The van der Waals surface area contributed by atoms with E-state index in [1.165, 1.54) is 38.5 Å². The van der Waals surface area contributed by atoms with Crippen molar-refractivity contribution in [3.8, 4) is 11.5 Å². The molecule has 0 aromatic carbocycles. The van der Waals surface area contributed by atoms with Gasteiger partial charge in [0.25, 0.3) is 5.91 Å². The van der Waals surface area contributed by atoms with Gasteiger partial charge >= 0.3 is 0 Å². The Hall–Kier alpha value is -2.08. The van der Waals surface area contributed by atoms with Crippen LogP contribution >= 0.6 is 0 Å². The zero-order valence-corrected chi connectivity index (χ0v) is 13.2. The van der Waals surface area contributed by atoms with Crippen LogP contribution in [0.5, 0.6) is 0 Å². The summed E-state index contributed by atoms with van der Waals surface area (Å²) < 4.78 is 10.3. The Kier molecular flexibility index (Phi) is 5.47. The summed E-state index contributed by atoms with van der Waals surface area (Å²) in [6.07, 6.45) is 9.33. The van der Waals surface area contributed by atoms with Gasteiger partial charge < -0.3 is 19.6 Å². The Balaban J connectivity index is 1.41. The first-order chi connectivity index (χ1) is 11.3. The fraction of sp³-hybridized carbons (Fsp3) is 0.529. The van der Waals surface area contributed by atoms with Crippen LogP contribution in [0.1, 0.15) is 49.0 Å². The third-order valence-corrected chi connectivity index (χ3v) is 4.21. The molecule has 1 aliphatic carbocycles. The molecule has 3 rings (SSSR count). The Morgan fingerprint density at radius 1 is 1.17 bits per heavy atom. The normalized spacial score (nSPS) is 16.2. The summed E-state index contributed by atoms with van der Waals surface area (Å²) in [4.78, 5) is 12.0. The van der Waals surface area contributed by atoms with Crippen molar-refractivity contribution in [1.82, 2.24) is 15.8 Å². The van der Waals surface area contributed by atoms with Gasteiger partial charge in [-0.15, -0.1) is 0 Å². The Labute approximate surface area is 135 Å². The Morgan fingerprint density at radius 2 is 2.00 bits per heavy atom. The predicted octanol–water partition coefficient (Wildman–Crippen LogP) is 2.98. The number of amides is 1. The third kappa shape index (κ3) is 4.45. The molecule has 0 aliphatic heterocycles. The predicted molar refractivity (Wildman–Crippen MR) is 86.0 cm³/mol. The Morgan fingerprint density at radius 3 is 2.74 bits per heavy atom. The molecule has 1 saturated carbocycles. The van der Waals surface area contributed by atoms with E-state index in [0.717, 1.165) is 6.54 Å². The van der Waals surface area contributed by atoms with Crippen LogP contribution in [0.2, 0.25) is 0 Å². The van der Waals surface area contributed by atoms with Gasteiger partial charge in [-0.1, -0.05) is 30.8 Å². The maximum absolute atomic E-state index is 12.0. The molecular formula is C17H23N3O3. The maximum atomic E-state index is 12.0. The van der Waals surface area contributed by atoms with Crippen LogP contribution in [-0.4, -0.2) is 30.2 Å². The number of hydrogen-bond acceptors (Lipinski definition) is 5. The number of nitrogens with one attached hydrogen (secondary N) is 2. The van der Waals surface area contributed by atoms with Crippen LogP contribution in [0.3, 0.4) is 0 Å². The van der Waals surface area contributed by atoms with Crippen LogP contribution < -0.4 is 10.6 Å². The zero-order chi connectivity index (χ0) is 15.9. The molecule has 2 aromatic rings. The number of furan rings is 1. The molecule has 124 valence electrons. The van der Waals surface area contributed by atoms with Crippen LogP contribution in [0.15, 0.2) is 33.4 Å². The number of carbonyl (C=O) groups excluding carboxylic acids is 1. The van der Waals surface area contributed by atoms with E-state index in [4.69, 9.17) is 8.94 Å². The second-order valence-electron chi connectivity index (χ2n) is 5.95. The molecule has 6 heteroatoms. The van der Waals surface area contributed by atoms with Crippen molar-refractivity contribution >= 4 is 5.91 Å². The molecular weight excluding hydrogens is 294 g/mol. The first-order valence-corrected chi connectivity index (χ1v) is 8.35. The van der Waals surface area contributed by atoms with Crippen molar-refractivity contribution in [2.24, 2.45) is 0 Å². The Bertz CT molecular complexity index is 598. The molecule has 6 nitrogen and oxygen atoms in total. The standard InChI is InChI=1S/C17H23N3O3/c21-17(14-12-16(23-20-14)15-8-5-11-22-15)19-10-9-18-13-6-3-1-2-4-7-13/h5,8,11-13,18H,1-4,6-7,9-10H2,(H,19,21). The lowest BCUT2D eigenvalue weighted by Crippen LogP contribution is -2.36. The van der Waals surface area contributed by atoms with Crippen molar-refractivity contribution in [2.45, 2.75) is 44.6 Å². The lowest BCUT2D eigenvalue weighted by atomic mass is 10.1. The summed E-state index contributed by atoms with van der Waals surface area (Å²) in [5, 5.41) is 10.2. The lowest BCUT2D eigenvalue weighted by Gasteiger charge is -2.16. The van der Waals surface area contributed by atoms with Gasteiger partial charge in [-0.25, -0.2) is 0 Å². The highest BCUT2D eigenvalue weighted by atomic mass is 16.5. The van der Waals surface area contributed by atoms with Gasteiger partial charge in [0.1, 0.15) is 0 Å². The second kappa shape index (κ2) is 7.97. The second-order valence-corrected chi connectivity index (χ2v) is 5.95. The SMILES string of the molecule is O=C(NCCNC1CCCCCC1)c1cc(-c2ccco2)on1. The average Bonchev–Trinajstić information content (AvgIpc) is 3.19. The van der Waals surface area contributed by atoms with Crippen LogP contribution in [0.25, 0.3) is 11.5 Å². The molecule has 1 aliphatic rings. The van der Waals surface area contributed by atoms with E-state index < -0.39 is 0 Å². The van der Waals surface area contributed by atoms with Gasteiger partial charge in [0.15, 0.2) is 11.5 Å². The van der Waals surface area contributed by atoms with E-state index in [-0.39, 0.29) is 11.6 Å². The summed E-state index contributed by atoms with van der Waals surface area (Å²) in [5.74, 6) is 0.789. The van der Waals surface area contributed by atoms with Gasteiger partial charge in [-0.3, -0.25) is 4.79 Å². The van der Waals surface area contributed by atoms with Crippen molar-refractivity contribution in [3.05, 3.63) is 30.2 Å². The first-order valence-electron chi connectivity index (χ1n) is 8.35. The molecule has 2 heterocycles. The van der Waals surface area contributed by atoms with Gasteiger partial charge in [0, 0.05) is 25.2 Å². The highest BCUT2D eigenvalue weighted by Gasteiger charge is 2.15. The largest absolute Gasteiger partial charge is 0.461 e. The third-order valence-electron chi connectivity index (χ3n) is 4.21. The smallest absolute Gasteiger partial charge is 0.273 e. The zero-order valence-electron chi connectivity index (χ0n) is 13.2. The van der Waals surface area contributed by atoms with E-state index in [2.05, 4.69) is 15.8 Å². The van der Waals surface area contributed by atoms with Gasteiger partial charge in [-0.2, -0.15) is 0 Å². The minimum atomic E-state index is -0.228. The van der Waals surface area contributed by atoms with Gasteiger partial charge in [-0.05, 0) is 25.0 Å². The first kappa shape index (κ1) is 15.8. The molecule has 2 aromatic heterocycles. The van der Waals surface area contributed by atoms with Crippen molar-refractivity contribution in [3.63, 3.8) is 0 Å². The van der Waals surface area contributed by atoms with Crippen molar-refractivity contribution in [1.29, 1.82) is 0 Å². The van der Waals surface area contributed by atoms with Gasteiger partial charge in [0.2, 0.25) is 5.76 Å². The fourth-order valence-corrected chi connectivity index (χ4v) is 2.94. The molecule has 1 fully saturated rings. The summed E-state index contributed by atoms with van der Waals surface area (Å²) in [6, 6.07) is 5.70. The topological polar surface area (TPSA) is 80.3 Å². The molecule has 0 bridgehead atoms. The highest BCUT2D eigenvalue weighted by Crippen LogP contribution is 2.20. The van der Waals surface area contributed by atoms with Crippen molar-refractivity contribution < 1.29 is 13.7 Å². The summed E-state index contributed by atoms with van der Waals surface area (Å²) >= 11 is 0. The van der Waals surface area contributed by atoms with Crippen molar-refractivity contribution in [2.75, 3.05) is 13.1 Å². The minimum Gasteiger partial charge on any atom is -0.461 e. The molecule has 2 N–H and O–H groups in total. The summed E-state index contributed by atoms with van der Waals surface area (Å²) in [5.41, 5.74) is 0.269.